The molecule has 0 unspecified atom stereocenters. The third-order valence-corrected chi connectivity index (χ3v) is 3.62. The normalized spacial score (nSPS) is 11.5. The van der Waals surface area contributed by atoms with Crippen molar-refractivity contribution in [3.8, 4) is 5.75 Å². The molecule has 25 heavy (non-hydrogen) atoms. The molecule has 2 rings (SSSR count). The van der Waals surface area contributed by atoms with Crippen molar-refractivity contribution in [2.75, 3.05) is 11.9 Å². The van der Waals surface area contributed by atoms with Gasteiger partial charge in [-0.15, -0.1) is 0 Å². The van der Waals surface area contributed by atoms with Crippen molar-refractivity contribution < 1.29 is 19.1 Å². The van der Waals surface area contributed by atoms with Gasteiger partial charge in [-0.3, -0.25) is 4.79 Å². The van der Waals surface area contributed by atoms with E-state index in [1.165, 1.54) is 31.3 Å². The van der Waals surface area contributed by atoms with Crippen molar-refractivity contribution in [3.05, 3.63) is 51.6 Å². The molecule has 0 spiro atoms. The molecule has 0 radical (unpaired) electrons. The fraction of sp³-hybridized carbons (Fsp3) is 0.188. The van der Waals surface area contributed by atoms with Crippen molar-refractivity contribution in [2.24, 2.45) is 0 Å². The molecule has 1 heterocycles. The molecule has 0 aliphatic carbocycles. The number of rotatable bonds is 6. The van der Waals surface area contributed by atoms with Gasteiger partial charge in [-0.2, -0.15) is 0 Å². The predicted molar refractivity (Wildman–Crippen MR) is 95.4 cm³/mol. The summed E-state index contributed by atoms with van der Waals surface area (Å²) >= 11 is 17.4. The minimum absolute atomic E-state index is 0.263. The molecule has 0 bridgehead atoms. The topological polar surface area (TPSA) is 77.5 Å². The van der Waals surface area contributed by atoms with Gasteiger partial charge >= 0.3 is 5.97 Å². The summed E-state index contributed by atoms with van der Waals surface area (Å²) in [5.74, 6) is -0.682. The van der Waals surface area contributed by atoms with Gasteiger partial charge < -0.3 is 14.8 Å². The van der Waals surface area contributed by atoms with Crippen molar-refractivity contribution in [1.82, 2.24) is 4.98 Å². The van der Waals surface area contributed by atoms with Gasteiger partial charge in [-0.05, 0) is 37.3 Å². The van der Waals surface area contributed by atoms with Crippen LogP contribution in [0.15, 0.2) is 36.5 Å². The van der Waals surface area contributed by atoms with Crippen LogP contribution >= 0.6 is 34.8 Å². The molecule has 0 fully saturated rings. The molecule has 6 nitrogen and oxygen atoms in total. The molecule has 0 aliphatic heterocycles. The van der Waals surface area contributed by atoms with Crippen LogP contribution in [-0.4, -0.2) is 29.6 Å². The largest absolute Gasteiger partial charge is 0.477 e. The Bertz CT molecular complexity index is 768. The van der Waals surface area contributed by atoms with Crippen LogP contribution in [0.2, 0.25) is 15.1 Å². The Hall–Kier alpha value is -2.02. The minimum Gasteiger partial charge on any atom is -0.477 e. The number of pyridine rings is 1. The third-order valence-electron chi connectivity index (χ3n) is 2.87. The van der Waals surface area contributed by atoms with Crippen LogP contribution in [0.25, 0.3) is 0 Å². The van der Waals surface area contributed by atoms with Crippen molar-refractivity contribution in [2.45, 2.75) is 13.0 Å². The van der Waals surface area contributed by atoms with Gasteiger partial charge in [0.1, 0.15) is 11.6 Å². The molecule has 2 aromatic rings. The summed E-state index contributed by atoms with van der Waals surface area (Å²) in [5, 5.41) is 3.61. The maximum absolute atomic E-state index is 11.9. The molecule has 0 saturated heterocycles. The number of nitrogens with zero attached hydrogens (tertiary/aromatic N) is 1. The van der Waals surface area contributed by atoms with Crippen molar-refractivity contribution in [3.63, 3.8) is 0 Å². The second-order valence-corrected chi connectivity index (χ2v) is 6.13. The second-order valence-electron chi connectivity index (χ2n) is 4.85. The number of nitrogens with one attached hydrogen (secondary N) is 1. The highest BCUT2D eigenvalue weighted by molar-refractivity contribution is 6.35. The van der Waals surface area contributed by atoms with Crippen LogP contribution < -0.4 is 10.1 Å². The summed E-state index contributed by atoms with van der Waals surface area (Å²) in [6, 6.07) is 7.70. The van der Waals surface area contributed by atoms with E-state index in [2.05, 4.69) is 10.3 Å². The quantitative estimate of drug-likeness (QED) is 0.738. The van der Waals surface area contributed by atoms with E-state index in [-0.39, 0.29) is 10.8 Å². The molecule has 1 N–H and O–H groups in total. The van der Waals surface area contributed by atoms with Crippen LogP contribution in [-0.2, 0) is 14.3 Å². The van der Waals surface area contributed by atoms with E-state index >= 15 is 0 Å². The number of hydrogen-bond donors (Lipinski definition) is 1. The zero-order chi connectivity index (χ0) is 18.4. The van der Waals surface area contributed by atoms with E-state index in [0.717, 1.165) is 0 Å². The van der Waals surface area contributed by atoms with Crippen LogP contribution in [0.1, 0.15) is 6.92 Å². The van der Waals surface area contributed by atoms with Crippen LogP contribution in [0.5, 0.6) is 5.75 Å². The number of halogens is 3. The van der Waals surface area contributed by atoms with Crippen molar-refractivity contribution in [1.29, 1.82) is 0 Å². The highest BCUT2D eigenvalue weighted by atomic mass is 35.5. The smallest absolute Gasteiger partial charge is 0.347 e. The van der Waals surface area contributed by atoms with Gasteiger partial charge in [-0.1, -0.05) is 34.8 Å². The van der Waals surface area contributed by atoms with Crippen molar-refractivity contribution >= 4 is 52.5 Å². The van der Waals surface area contributed by atoms with E-state index in [0.29, 0.717) is 15.9 Å². The molecule has 0 saturated carbocycles. The lowest BCUT2D eigenvalue weighted by molar-refractivity contribution is -0.153. The number of carbonyl (C=O) groups excluding carboxylic acids is 2. The summed E-state index contributed by atoms with van der Waals surface area (Å²) in [4.78, 5) is 27.5. The summed E-state index contributed by atoms with van der Waals surface area (Å²) in [6.07, 6.45) is 0.426. The number of carbonyl (C=O) groups is 2. The number of amides is 1. The molecule has 132 valence electrons. The first-order valence-electron chi connectivity index (χ1n) is 7.05. The van der Waals surface area contributed by atoms with E-state index in [1.807, 2.05) is 0 Å². The average Bonchev–Trinajstić information content (AvgIpc) is 2.57. The SMILES string of the molecule is C[C@@H](Oc1ccc(Cl)cc1Cl)C(=O)OCC(=O)Nc1ccc(Cl)cn1. The average molecular weight is 404 g/mol. The van der Waals surface area contributed by atoms with E-state index < -0.39 is 24.6 Å². The zero-order valence-corrected chi connectivity index (χ0v) is 15.2. The van der Waals surface area contributed by atoms with Gasteiger partial charge in [0.05, 0.1) is 10.0 Å². The first kappa shape index (κ1) is 19.3. The maximum atomic E-state index is 11.9. The van der Waals surface area contributed by atoms with Gasteiger partial charge in [0, 0.05) is 11.2 Å². The molecule has 1 aromatic heterocycles. The number of ether oxygens (including phenoxy) is 2. The number of anilines is 1. The lowest BCUT2D eigenvalue weighted by Crippen LogP contribution is -2.30. The summed E-state index contributed by atoms with van der Waals surface area (Å²) in [6.45, 7) is 0.997. The molecule has 0 aliphatic rings. The fourth-order valence-electron chi connectivity index (χ4n) is 1.69. The number of aromatic nitrogens is 1. The molecular formula is C16H13Cl3N2O4. The Labute approximate surface area is 159 Å². The van der Waals surface area contributed by atoms with E-state index in [4.69, 9.17) is 44.3 Å². The number of benzene rings is 1. The second kappa shape index (κ2) is 8.89. The van der Waals surface area contributed by atoms with Crippen LogP contribution in [0.4, 0.5) is 5.82 Å². The van der Waals surface area contributed by atoms with E-state index in [9.17, 15) is 9.59 Å². The summed E-state index contributed by atoms with van der Waals surface area (Å²) in [5.41, 5.74) is 0. The monoisotopic (exact) mass is 402 g/mol. The Balaban J connectivity index is 1.82. The maximum Gasteiger partial charge on any atom is 0.347 e. The van der Waals surface area contributed by atoms with Crippen LogP contribution in [0, 0.1) is 0 Å². The highest BCUT2D eigenvalue weighted by Crippen LogP contribution is 2.28. The zero-order valence-electron chi connectivity index (χ0n) is 13.0. The molecular weight excluding hydrogens is 391 g/mol. The fourth-order valence-corrected chi connectivity index (χ4v) is 2.26. The first-order chi connectivity index (χ1) is 11.8. The number of hydrogen-bond acceptors (Lipinski definition) is 5. The molecule has 1 aromatic carbocycles. The lowest BCUT2D eigenvalue weighted by atomic mass is 10.3. The number of esters is 1. The Morgan fingerprint density at radius 2 is 1.88 bits per heavy atom. The standard InChI is InChI=1S/C16H13Cl3N2O4/c1-9(25-13-4-2-10(17)6-12(13)19)16(23)24-8-15(22)21-14-5-3-11(18)7-20-14/h2-7,9H,8H2,1H3,(H,20,21,22)/t9-/m1/s1. The van der Waals surface area contributed by atoms with Gasteiger partial charge in [0.15, 0.2) is 12.7 Å². The Morgan fingerprint density at radius 3 is 2.52 bits per heavy atom. The van der Waals surface area contributed by atoms with Crippen LogP contribution in [0.3, 0.4) is 0 Å². The van der Waals surface area contributed by atoms with Gasteiger partial charge in [0.25, 0.3) is 5.91 Å². The highest BCUT2D eigenvalue weighted by Gasteiger charge is 2.19. The Morgan fingerprint density at radius 1 is 1.16 bits per heavy atom. The lowest BCUT2D eigenvalue weighted by Gasteiger charge is -2.15. The third kappa shape index (κ3) is 6.08. The molecule has 1 amide bonds. The Kier molecular flexibility index (Phi) is 6.87. The van der Waals surface area contributed by atoms with E-state index in [1.54, 1.807) is 12.1 Å². The summed E-state index contributed by atoms with van der Waals surface area (Å²) in [7, 11) is 0. The first-order valence-corrected chi connectivity index (χ1v) is 8.18. The minimum atomic E-state index is -0.958. The predicted octanol–water partition coefficient (Wildman–Crippen LogP) is 3.99. The molecule has 1 atom stereocenters. The van der Waals surface area contributed by atoms with Gasteiger partial charge in [0.2, 0.25) is 0 Å². The van der Waals surface area contributed by atoms with Gasteiger partial charge in [-0.25, -0.2) is 9.78 Å². The summed E-state index contributed by atoms with van der Waals surface area (Å²) < 4.78 is 10.3. The molecule has 9 heteroatoms.